The number of aromatic nitrogens is 3. The molecule has 2 fully saturated rings. The standard InChI is InChI=1S/C14H21N3O2S/c1-8(2)6-17-13(12-9-4-3-5-10(9)12)15-16-14(17)20-7-11(18)19/h8-10,12H,3-7H2,1-2H3,(H,18,19). The van der Waals surface area contributed by atoms with Gasteiger partial charge in [-0.05, 0) is 30.6 Å². The number of carbonyl (C=O) groups is 1. The van der Waals surface area contributed by atoms with Crippen molar-refractivity contribution in [2.45, 2.75) is 50.7 Å². The van der Waals surface area contributed by atoms with E-state index in [0.717, 1.165) is 29.4 Å². The predicted molar refractivity (Wildman–Crippen MR) is 76.8 cm³/mol. The molecule has 5 nitrogen and oxygen atoms in total. The van der Waals surface area contributed by atoms with Crippen molar-refractivity contribution >= 4 is 17.7 Å². The highest BCUT2D eigenvalue weighted by Crippen LogP contribution is 2.62. The van der Waals surface area contributed by atoms with Gasteiger partial charge in [0.05, 0.1) is 5.75 Å². The third-order valence-corrected chi connectivity index (χ3v) is 5.27. The molecular formula is C14H21N3O2S. The van der Waals surface area contributed by atoms with Crippen LogP contribution in [0.25, 0.3) is 0 Å². The highest BCUT2D eigenvalue weighted by Gasteiger charge is 2.55. The Morgan fingerprint density at radius 2 is 2.10 bits per heavy atom. The van der Waals surface area contributed by atoms with E-state index in [9.17, 15) is 4.79 Å². The van der Waals surface area contributed by atoms with E-state index in [2.05, 4.69) is 28.6 Å². The van der Waals surface area contributed by atoms with E-state index in [-0.39, 0.29) is 5.75 Å². The van der Waals surface area contributed by atoms with Crippen LogP contribution < -0.4 is 0 Å². The molecule has 1 aromatic rings. The van der Waals surface area contributed by atoms with Gasteiger partial charge in [-0.15, -0.1) is 10.2 Å². The average molecular weight is 295 g/mol. The highest BCUT2D eigenvalue weighted by molar-refractivity contribution is 7.99. The van der Waals surface area contributed by atoms with Crippen LogP contribution in [0.3, 0.4) is 0 Å². The fourth-order valence-corrected chi connectivity index (χ4v) is 4.20. The smallest absolute Gasteiger partial charge is 0.313 e. The normalized spacial score (nSPS) is 27.9. The van der Waals surface area contributed by atoms with Gasteiger partial charge in [0, 0.05) is 12.5 Å². The maximum absolute atomic E-state index is 10.7. The van der Waals surface area contributed by atoms with Crippen molar-refractivity contribution in [1.29, 1.82) is 0 Å². The average Bonchev–Trinajstić information content (AvgIpc) is 2.77. The van der Waals surface area contributed by atoms with Crippen LogP contribution in [0.1, 0.15) is 44.9 Å². The van der Waals surface area contributed by atoms with E-state index < -0.39 is 5.97 Å². The first-order valence-corrected chi connectivity index (χ1v) is 8.34. The number of carboxylic acid groups (broad SMARTS) is 1. The molecule has 1 heterocycles. The molecule has 6 heteroatoms. The van der Waals surface area contributed by atoms with Crippen LogP contribution in [0.2, 0.25) is 0 Å². The number of fused-ring (bicyclic) bond motifs is 1. The molecule has 0 aliphatic heterocycles. The fourth-order valence-electron chi connectivity index (χ4n) is 3.52. The Balaban J connectivity index is 1.80. The number of aliphatic carboxylic acids is 1. The van der Waals surface area contributed by atoms with Gasteiger partial charge in [0.1, 0.15) is 5.82 Å². The van der Waals surface area contributed by atoms with Gasteiger partial charge in [0.2, 0.25) is 0 Å². The molecule has 2 aliphatic rings. The lowest BCUT2D eigenvalue weighted by Crippen LogP contribution is -2.11. The first-order chi connectivity index (χ1) is 9.58. The van der Waals surface area contributed by atoms with Crippen molar-refractivity contribution in [3.05, 3.63) is 5.82 Å². The lowest BCUT2D eigenvalue weighted by atomic mass is 10.1. The molecule has 2 atom stereocenters. The second kappa shape index (κ2) is 5.39. The van der Waals surface area contributed by atoms with Gasteiger partial charge in [0.25, 0.3) is 0 Å². The zero-order valence-electron chi connectivity index (χ0n) is 12.0. The van der Waals surface area contributed by atoms with Crippen LogP contribution in [0.4, 0.5) is 0 Å². The summed E-state index contributed by atoms with van der Waals surface area (Å²) in [6.45, 7) is 5.21. The number of hydrogen-bond donors (Lipinski definition) is 1. The highest BCUT2D eigenvalue weighted by atomic mass is 32.2. The molecule has 0 amide bonds. The SMILES string of the molecule is CC(C)Cn1c(SCC(=O)O)nnc1C1C2CCCC21. The van der Waals surface area contributed by atoms with Crippen LogP contribution in [0.5, 0.6) is 0 Å². The molecule has 0 spiro atoms. The maximum atomic E-state index is 10.7. The number of nitrogens with zero attached hydrogens (tertiary/aromatic N) is 3. The van der Waals surface area contributed by atoms with Gasteiger partial charge in [-0.1, -0.05) is 32.0 Å². The van der Waals surface area contributed by atoms with Crippen molar-refractivity contribution in [1.82, 2.24) is 14.8 Å². The molecule has 110 valence electrons. The van der Waals surface area contributed by atoms with E-state index in [0.29, 0.717) is 11.8 Å². The summed E-state index contributed by atoms with van der Waals surface area (Å²) in [6.07, 6.45) is 3.99. The predicted octanol–water partition coefficient (Wildman–Crippen LogP) is 2.62. The summed E-state index contributed by atoms with van der Waals surface area (Å²) in [4.78, 5) is 10.7. The number of rotatable bonds is 6. The summed E-state index contributed by atoms with van der Waals surface area (Å²) in [5.74, 6) is 3.04. The fraction of sp³-hybridized carbons (Fsp3) is 0.786. The van der Waals surface area contributed by atoms with Crippen molar-refractivity contribution in [2.24, 2.45) is 17.8 Å². The molecule has 0 radical (unpaired) electrons. The quantitative estimate of drug-likeness (QED) is 0.817. The first kappa shape index (κ1) is 13.9. The third kappa shape index (κ3) is 2.57. The Hall–Kier alpha value is -1.04. The van der Waals surface area contributed by atoms with Crippen LogP contribution in [-0.2, 0) is 11.3 Å². The third-order valence-electron chi connectivity index (χ3n) is 4.32. The van der Waals surface area contributed by atoms with Crippen molar-refractivity contribution in [3.63, 3.8) is 0 Å². The maximum Gasteiger partial charge on any atom is 0.313 e. The number of thioether (sulfide) groups is 1. The van der Waals surface area contributed by atoms with Gasteiger partial charge in [-0.3, -0.25) is 4.79 Å². The second-order valence-electron chi connectivity index (χ2n) is 6.31. The summed E-state index contributed by atoms with van der Waals surface area (Å²) in [5, 5.41) is 18.2. The van der Waals surface area contributed by atoms with E-state index in [1.807, 2.05) is 0 Å². The van der Waals surface area contributed by atoms with Gasteiger partial charge in [-0.2, -0.15) is 0 Å². The second-order valence-corrected chi connectivity index (χ2v) is 7.25. The summed E-state index contributed by atoms with van der Waals surface area (Å²) < 4.78 is 2.17. The van der Waals surface area contributed by atoms with Crippen molar-refractivity contribution in [3.8, 4) is 0 Å². The molecule has 3 rings (SSSR count). The van der Waals surface area contributed by atoms with E-state index in [1.54, 1.807) is 0 Å². The Morgan fingerprint density at radius 3 is 2.70 bits per heavy atom. The summed E-state index contributed by atoms with van der Waals surface area (Å²) in [5.41, 5.74) is 0. The zero-order chi connectivity index (χ0) is 14.3. The van der Waals surface area contributed by atoms with Gasteiger partial charge < -0.3 is 9.67 Å². The molecule has 1 N–H and O–H groups in total. The minimum atomic E-state index is -0.807. The molecule has 2 aliphatic carbocycles. The molecule has 0 saturated heterocycles. The molecule has 2 saturated carbocycles. The molecule has 2 unspecified atom stereocenters. The molecular weight excluding hydrogens is 274 g/mol. The Bertz CT molecular complexity index is 505. The molecule has 0 aromatic carbocycles. The lowest BCUT2D eigenvalue weighted by Gasteiger charge is -2.12. The molecule has 1 aromatic heterocycles. The zero-order valence-corrected chi connectivity index (χ0v) is 12.8. The summed E-state index contributed by atoms with van der Waals surface area (Å²) >= 11 is 1.28. The molecule has 20 heavy (non-hydrogen) atoms. The van der Waals surface area contributed by atoms with E-state index in [4.69, 9.17) is 5.11 Å². The Labute approximate surface area is 123 Å². The minimum absolute atomic E-state index is 0.0494. The van der Waals surface area contributed by atoms with Crippen molar-refractivity contribution < 1.29 is 9.90 Å². The van der Waals surface area contributed by atoms with Crippen LogP contribution in [-0.4, -0.2) is 31.6 Å². The monoisotopic (exact) mass is 295 g/mol. The Kier molecular flexibility index (Phi) is 3.75. The lowest BCUT2D eigenvalue weighted by molar-refractivity contribution is -0.133. The van der Waals surface area contributed by atoms with Gasteiger partial charge >= 0.3 is 5.97 Å². The van der Waals surface area contributed by atoms with E-state index in [1.165, 1.54) is 31.0 Å². The summed E-state index contributed by atoms with van der Waals surface area (Å²) in [6, 6.07) is 0. The van der Waals surface area contributed by atoms with Crippen LogP contribution >= 0.6 is 11.8 Å². The minimum Gasteiger partial charge on any atom is -0.481 e. The molecule has 0 bridgehead atoms. The first-order valence-electron chi connectivity index (χ1n) is 7.35. The number of hydrogen-bond acceptors (Lipinski definition) is 4. The van der Waals surface area contributed by atoms with Crippen LogP contribution in [0.15, 0.2) is 5.16 Å². The Morgan fingerprint density at radius 1 is 1.40 bits per heavy atom. The summed E-state index contributed by atoms with van der Waals surface area (Å²) in [7, 11) is 0. The van der Waals surface area contributed by atoms with Gasteiger partial charge in [0.15, 0.2) is 5.16 Å². The number of carboxylic acids is 1. The topological polar surface area (TPSA) is 68.0 Å². The van der Waals surface area contributed by atoms with Gasteiger partial charge in [-0.25, -0.2) is 0 Å². The van der Waals surface area contributed by atoms with Crippen LogP contribution in [0, 0.1) is 17.8 Å². The van der Waals surface area contributed by atoms with Crippen molar-refractivity contribution in [2.75, 3.05) is 5.75 Å². The largest absolute Gasteiger partial charge is 0.481 e. The van der Waals surface area contributed by atoms with E-state index >= 15 is 0 Å².